The third-order valence-electron chi connectivity index (χ3n) is 2.76. The van der Waals surface area contributed by atoms with Gasteiger partial charge in [0.25, 0.3) is 0 Å². The van der Waals surface area contributed by atoms with Crippen molar-refractivity contribution in [2.45, 2.75) is 71.1 Å². The molecule has 0 aliphatic rings. The molecule has 3 nitrogen and oxygen atoms in total. The topological polar surface area (TPSA) is 51.4 Å². The summed E-state index contributed by atoms with van der Waals surface area (Å²) >= 11 is 0. The fourth-order valence-corrected chi connectivity index (χ4v) is 1.77. The molecule has 95 valence electrons. The van der Waals surface area contributed by atoms with Gasteiger partial charge in [0.05, 0.1) is 0 Å². The van der Waals surface area contributed by atoms with E-state index in [1.807, 2.05) is 0 Å². The van der Waals surface area contributed by atoms with E-state index in [0.717, 1.165) is 12.8 Å². The molecule has 0 rings (SSSR count). The summed E-state index contributed by atoms with van der Waals surface area (Å²) in [6, 6.07) is 0. The Balaban J connectivity index is 2.90. The molecule has 1 radical (unpaired) electrons. The van der Waals surface area contributed by atoms with Crippen molar-refractivity contribution in [3.05, 3.63) is 0 Å². The minimum absolute atomic E-state index is 0.478. The number of hydrogen-bond donors (Lipinski definition) is 1. The van der Waals surface area contributed by atoms with Crippen molar-refractivity contribution in [2.75, 3.05) is 6.54 Å². The van der Waals surface area contributed by atoms with Crippen molar-refractivity contribution in [3.63, 3.8) is 0 Å². The molecule has 0 aliphatic carbocycles. The van der Waals surface area contributed by atoms with Crippen LogP contribution in [-0.2, 0) is 0 Å². The Hall–Kier alpha value is -0.730. The molecule has 0 unspecified atom stereocenters. The largest absolute Gasteiger partial charge is 0.464 e. The number of nitrogens with zero attached hydrogens (tertiary/aromatic N) is 1. The third kappa shape index (κ3) is 13.3. The van der Waals surface area contributed by atoms with Crippen LogP contribution >= 0.6 is 0 Å². The van der Waals surface area contributed by atoms with Crippen molar-refractivity contribution in [3.8, 4) is 0 Å². The van der Waals surface area contributed by atoms with Crippen molar-refractivity contribution < 1.29 is 9.90 Å². The summed E-state index contributed by atoms with van der Waals surface area (Å²) in [7, 11) is 0. The van der Waals surface area contributed by atoms with Crippen LogP contribution in [0.5, 0.6) is 0 Å². The summed E-state index contributed by atoms with van der Waals surface area (Å²) in [5, 5.41) is 11.7. The molecule has 0 aromatic carbocycles. The van der Waals surface area contributed by atoms with E-state index < -0.39 is 6.09 Å². The number of unbranched alkanes of at least 4 members (excludes halogenated alkanes) is 9. The molecule has 1 amide bonds. The average Bonchev–Trinajstić information content (AvgIpc) is 2.25. The first-order valence-corrected chi connectivity index (χ1v) is 6.67. The maximum atomic E-state index is 10.1. The number of carboxylic acid groups (broad SMARTS) is 1. The molecule has 0 saturated heterocycles. The van der Waals surface area contributed by atoms with Crippen LogP contribution in [0.1, 0.15) is 71.1 Å². The molecule has 0 aliphatic heterocycles. The highest BCUT2D eigenvalue weighted by Gasteiger charge is 1.96. The van der Waals surface area contributed by atoms with Gasteiger partial charge in [-0.2, -0.15) is 0 Å². The minimum atomic E-state index is -1.03. The van der Waals surface area contributed by atoms with Gasteiger partial charge in [0.1, 0.15) is 0 Å². The van der Waals surface area contributed by atoms with Gasteiger partial charge in [0.2, 0.25) is 0 Å². The van der Waals surface area contributed by atoms with E-state index in [1.54, 1.807) is 0 Å². The molecule has 0 heterocycles. The van der Waals surface area contributed by atoms with E-state index in [4.69, 9.17) is 5.11 Å². The van der Waals surface area contributed by atoms with Gasteiger partial charge in [-0.3, -0.25) is 0 Å². The zero-order chi connectivity index (χ0) is 12.1. The third-order valence-corrected chi connectivity index (χ3v) is 2.76. The second kappa shape index (κ2) is 12.3. The van der Waals surface area contributed by atoms with Gasteiger partial charge in [-0.05, 0) is 6.42 Å². The van der Waals surface area contributed by atoms with Crippen molar-refractivity contribution >= 4 is 6.09 Å². The minimum Gasteiger partial charge on any atom is -0.464 e. The molecule has 0 fully saturated rings. The molecule has 0 saturated carbocycles. The molecule has 0 spiro atoms. The van der Waals surface area contributed by atoms with E-state index in [9.17, 15) is 4.79 Å². The van der Waals surface area contributed by atoms with Crippen LogP contribution in [0.4, 0.5) is 4.79 Å². The molecular weight excluding hydrogens is 202 g/mol. The quantitative estimate of drug-likeness (QED) is 0.539. The summed E-state index contributed by atoms with van der Waals surface area (Å²) in [6.07, 6.45) is 11.7. The van der Waals surface area contributed by atoms with Gasteiger partial charge in [-0.15, -0.1) is 0 Å². The Labute approximate surface area is 99.6 Å². The lowest BCUT2D eigenvalue weighted by molar-refractivity contribution is 0.193. The molecule has 0 aromatic rings. The summed E-state index contributed by atoms with van der Waals surface area (Å²) < 4.78 is 0. The number of rotatable bonds is 11. The molecule has 0 aromatic heterocycles. The highest BCUT2D eigenvalue weighted by molar-refractivity contribution is 5.63. The lowest BCUT2D eigenvalue weighted by atomic mass is 10.1. The SMILES string of the molecule is CCCCCCCCCCCC[N]C(=O)O. The first-order valence-electron chi connectivity index (χ1n) is 6.67. The van der Waals surface area contributed by atoms with E-state index in [0.29, 0.717) is 6.54 Å². The Morgan fingerprint density at radius 3 is 1.75 bits per heavy atom. The lowest BCUT2D eigenvalue weighted by Crippen LogP contribution is -2.13. The zero-order valence-corrected chi connectivity index (χ0v) is 10.6. The van der Waals surface area contributed by atoms with E-state index in [1.165, 1.54) is 51.4 Å². The van der Waals surface area contributed by atoms with Crippen LogP contribution < -0.4 is 5.32 Å². The summed E-state index contributed by atoms with van der Waals surface area (Å²) in [5.41, 5.74) is 0. The second-order valence-corrected chi connectivity index (χ2v) is 4.35. The Morgan fingerprint density at radius 2 is 1.31 bits per heavy atom. The summed E-state index contributed by atoms with van der Waals surface area (Å²) in [4.78, 5) is 10.1. The number of carbonyl (C=O) groups is 1. The van der Waals surface area contributed by atoms with E-state index in [-0.39, 0.29) is 0 Å². The van der Waals surface area contributed by atoms with E-state index in [2.05, 4.69) is 12.2 Å². The van der Waals surface area contributed by atoms with Gasteiger partial charge in [-0.1, -0.05) is 64.7 Å². The maximum Gasteiger partial charge on any atom is 0.426 e. The first-order chi connectivity index (χ1) is 7.77. The van der Waals surface area contributed by atoms with Crippen LogP contribution in [0, 0.1) is 0 Å². The lowest BCUT2D eigenvalue weighted by Gasteiger charge is -2.01. The van der Waals surface area contributed by atoms with Crippen LogP contribution in [-0.4, -0.2) is 17.7 Å². The van der Waals surface area contributed by atoms with Crippen LogP contribution in [0.2, 0.25) is 0 Å². The highest BCUT2D eigenvalue weighted by Crippen LogP contribution is 2.10. The average molecular weight is 228 g/mol. The summed E-state index contributed by atoms with van der Waals surface area (Å²) in [5.74, 6) is 0. The Kier molecular flexibility index (Phi) is 11.8. The number of hydrogen-bond acceptors (Lipinski definition) is 1. The van der Waals surface area contributed by atoms with Gasteiger partial charge in [0, 0.05) is 6.54 Å². The second-order valence-electron chi connectivity index (χ2n) is 4.35. The monoisotopic (exact) mass is 228 g/mol. The molecular formula is C13H26NO2. The molecule has 0 atom stereocenters. The van der Waals surface area contributed by atoms with Crippen molar-refractivity contribution in [2.24, 2.45) is 0 Å². The fourth-order valence-electron chi connectivity index (χ4n) is 1.77. The van der Waals surface area contributed by atoms with Crippen LogP contribution in [0.15, 0.2) is 0 Å². The molecule has 0 bridgehead atoms. The predicted molar refractivity (Wildman–Crippen MR) is 66.9 cm³/mol. The maximum absolute atomic E-state index is 10.1. The standard InChI is InChI=1S/C13H26NO2/c1-2-3-4-5-6-7-8-9-10-11-12-14-13(15)16/h2-12H2,1H3,(H,15,16). The molecule has 1 N–H and O–H groups in total. The Morgan fingerprint density at radius 1 is 0.875 bits per heavy atom. The van der Waals surface area contributed by atoms with E-state index >= 15 is 0 Å². The first kappa shape index (κ1) is 15.3. The molecule has 16 heavy (non-hydrogen) atoms. The smallest absolute Gasteiger partial charge is 0.426 e. The van der Waals surface area contributed by atoms with Gasteiger partial charge in [0.15, 0.2) is 0 Å². The number of amides is 1. The predicted octanol–water partition coefficient (Wildman–Crippen LogP) is 4.19. The fraction of sp³-hybridized carbons (Fsp3) is 0.923. The van der Waals surface area contributed by atoms with Gasteiger partial charge in [-0.25, -0.2) is 10.1 Å². The van der Waals surface area contributed by atoms with Gasteiger partial charge < -0.3 is 5.11 Å². The van der Waals surface area contributed by atoms with Crippen LogP contribution in [0.25, 0.3) is 0 Å². The summed E-state index contributed by atoms with van der Waals surface area (Å²) in [6.45, 7) is 2.72. The normalized spacial score (nSPS) is 10.3. The van der Waals surface area contributed by atoms with Crippen molar-refractivity contribution in [1.82, 2.24) is 5.32 Å². The van der Waals surface area contributed by atoms with Gasteiger partial charge >= 0.3 is 6.09 Å². The molecule has 3 heteroatoms. The highest BCUT2D eigenvalue weighted by atomic mass is 16.4. The Bertz CT molecular complexity index is 160. The van der Waals surface area contributed by atoms with Crippen molar-refractivity contribution in [1.29, 1.82) is 0 Å². The van der Waals surface area contributed by atoms with Crippen LogP contribution in [0.3, 0.4) is 0 Å². The zero-order valence-electron chi connectivity index (χ0n) is 10.6.